The second kappa shape index (κ2) is 7.35. The molecule has 2 bridgehead atoms. The average Bonchev–Trinajstić information content (AvgIpc) is 3.39. The zero-order valence-electron chi connectivity index (χ0n) is 16.2. The smallest absolute Gasteiger partial charge is 0.329 e. The predicted molar refractivity (Wildman–Crippen MR) is 102 cm³/mol. The highest BCUT2D eigenvalue weighted by molar-refractivity contribution is 6.09. The molecule has 3 aliphatic rings. The van der Waals surface area contributed by atoms with Crippen LogP contribution in [0.1, 0.15) is 13.3 Å². The van der Waals surface area contributed by atoms with Crippen LogP contribution < -0.4 is 10.1 Å². The second-order valence-corrected chi connectivity index (χ2v) is 7.61. The predicted octanol–water partition coefficient (Wildman–Crippen LogP) is 1.37. The van der Waals surface area contributed by atoms with E-state index >= 15 is 0 Å². The molecular weight excluding hydrogens is 376 g/mol. The highest BCUT2D eigenvalue weighted by atomic mass is 16.5. The molecule has 1 aromatic rings. The third-order valence-corrected chi connectivity index (χ3v) is 5.93. The van der Waals surface area contributed by atoms with Gasteiger partial charge in [0.05, 0.1) is 18.9 Å². The lowest BCUT2D eigenvalue weighted by Crippen LogP contribution is -2.45. The fourth-order valence-corrected chi connectivity index (χ4v) is 4.57. The van der Waals surface area contributed by atoms with Crippen molar-refractivity contribution in [3.05, 3.63) is 36.4 Å². The molecule has 8 heteroatoms. The van der Waals surface area contributed by atoms with Crippen LogP contribution in [0.15, 0.2) is 36.4 Å². The monoisotopic (exact) mass is 398 g/mol. The van der Waals surface area contributed by atoms with E-state index in [0.717, 1.165) is 11.3 Å². The van der Waals surface area contributed by atoms with E-state index < -0.39 is 24.5 Å². The average molecular weight is 398 g/mol. The second-order valence-electron chi connectivity index (χ2n) is 7.61. The van der Waals surface area contributed by atoms with Crippen LogP contribution in [-0.4, -0.2) is 48.3 Å². The van der Waals surface area contributed by atoms with E-state index in [1.165, 1.54) is 14.0 Å². The fraction of sp³-hybridized carbons (Fsp3) is 0.429. The largest absolute Gasteiger partial charge is 0.497 e. The Morgan fingerprint density at radius 2 is 1.83 bits per heavy atom. The summed E-state index contributed by atoms with van der Waals surface area (Å²) in [4.78, 5) is 51.0. The van der Waals surface area contributed by atoms with Crippen molar-refractivity contribution in [2.45, 2.75) is 19.4 Å². The summed E-state index contributed by atoms with van der Waals surface area (Å²) in [7, 11) is 1.51. The first-order valence-electron chi connectivity index (χ1n) is 9.56. The number of benzene rings is 1. The summed E-state index contributed by atoms with van der Waals surface area (Å²) < 4.78 is 10.1. The number of ether oxygens (including phenoxy) is 2. The molecule has 5 atom stereocenters. The van der Waals surface area contributed by atoms with Crippen molar-refractivity contribution >= 4 is 29.4 Å². The van der Waals surface area contributed by atoms with Crippen molar-refractivity contribution in [2.75, 3.05) is 19.0 Å². The lowest BCUT2D eigenvalue weighted by Gasteiger charge is -2.23. The maximum Gasteiger partial charge on any atom is 0.329 e. The summed E-state index contributed by atoms with van der Waals surface area (Å²) in [5.74, 6) is -1.97. The number of likely N-dealkylation sites (tertiary alicyclic amines) is 1. The first kappa shape index (κ1) is 19.2. The normalized spacial score (nSPS) is 27.7. The van der Waals surface area contributed by atoms with E-state index in [1.54, 1.807) is 24.3 Å². The van der Waals surface area contributed by atoms with Gasteiger partial charge in [-0.15, -0.1) is 0 Å². The van der Waals surface area contributed by atoms with E-state index in [-0.39, 0.29) is 35.5 Å². The number of allylic oxidation sites excluding steroid dienone is 2. The molecule has 152 valence electrons. The number of anilines is 1. The molecule has 0 unspecified atom stereocenters. The Balaban J connectivity index is 1.33. The van der Waals surface area contributed by atoms with E-state index in [0.29, 0.717) is 11.4 Å². The van der Waals surface area contributed by atoms with Crippen molar-refractivity contribution in [3.8, 4) is 5.75 Å². The molecule has 1 saturated heterocycles. The van der Waals surface area contributed by atoms with Gasteiger partial charge in [0.15, 0.2) is 6.61 Å². The maximum atomic E-state index is 12.7. The Hall–Kier alpha value is -3.16. The molecule has 2 aliphatic carbocycles. The molecule has 0 aromatic heterocycles. The van der Waals surface area contributed by atoms with Crippen molar-refractivity contribution in [1.29, 1.82) is 0 Å². The Labute approximate surface area is 167 Å². The summed E-state index contributed by atoms with van der Waals surface area (Å²) in [6.45, 7) is 0.935. The Bertz CT molecular complexity index is 880. The zero-order valence-corrected chi connectivity index (χ0v) is 16.2. The molecule has 1 heterocycles. The number of nitrogens with zero attached hydrogens (tertiary/aromatic N) is 1. The van der Waals surface area contributed by atoms with Crippen LogP contribution in [0, 0.1) is 23.7 Å². The van der Waals surface area contributed by atoms with Gasteiger partial charge in [-0.1, -0.05) is 18.2 Å². The fourth-order valence-electron chi connectivity index (χ4n) is 4.57. The van der Waals surface area contributed by atoms with Gasteiger partial charge < -0.3 is 14.8 Å². The molecule has 1 N–H and O–H groups in total. The third kappa shape index (κ3) is 3.28. The van der Waals surface area contributed by atoms with Gasteiger partial charge in [-0.25, -0.2) is 4.79 Å². The van der Waals surface area contributed by atoms with Crippen molar-refractivity contribution in [1.82, 2.24) is 4.90 Å². The van der Waals surface area contributed by atoms with Crippen LogP contribution in [0.25, 0.3) is 0 Å². The molecule has 1 aromatic carbocycles. The number of hydrogen-bond acceptors (Lipinski definition) is 6. The number of imide groups is 1. The van der Waals surface area contributed by atoms with Gasteiger partial charge in [0.2, 0.25) is 11.8 Å². The van der Waals surface area contributed by atoms with Crippen LogP contribution in [0.2, 0.25) is 0 Å². The highest BCUT2D eigenvalue weighted by Crippen LogP contribution is 2.52. The van der Waals surface area contributed by atoms with Crippen LogP contribution in [0.5, 0.6) is 5.75 Å². The molecule has 0 spiro atoms. The summed E-state index contributed by atoms with van der Waals surface area (Å²) in [6, 6.07) is 5.69. The standard InChI is InChI=1S/C21H22N2O6/c1-11(23-19(25)17-12-6-7-13(8-12)18(17)20(23)26)21(27)29-10-16(24)22-14-4-3-5-15(9-14)28-2/h3-7,9,11-13,17-18H,8,10H2,1-2H3,(H,22,24)/t11-,12-,13-,17-,18+/m0/s1. The lowest BCUT2D eigenvalue weighted by atomic mass is 9.85. The number of rotatable bonds is 6. The van der Waals surface area contributed by atoms with Gasteiger partial charge >= 0.3 is 5.97 Å². The quantitative estimate of drug-likeness (QED) is 0.441. The van der Waals surface area contributed by atoms with Crippen LogP contribution in [0.3, 0.4) is 0 Å². The number of esters is 1. The van der Waals surface area contributed by atoms with Crippen molar-refractivity contribution in [2.24, 2.45) is 23.7 Å². The van der Waals surface area contributed by atoms with Gasteiger partial charge in [-0.3, -0.25) is 19.3 Å². The maximum absolute atomic E-state index is 12.7. The minimum atomic E-state index is -1.07. The van der Waals surface area contributed by atoms with Crippen LogP contribution in [-0.2, 0) is 23.9 Å². The SMILES string of the molecule is COc1cccc(NC(=O)COC(=O)[C@H](C)N2C(=O)[C@@H]3[C@H](C2=O)[C@H]2C=C[C@H]3C2)c1. The summed E-state index contributed by atoms with van der Waals surface area (Å²) >= 11 is 0. The van der Waals surface area contributed by atoms with Crippen LogP contribution in [0.4, 0.5) is 5.69 Å². The molecular formula is C21H22N2O6. The molecule has 2 fully saturated rings. The first-order valence-corrected chi connectivity index (χ1v) is 9.56. The minimum Gasteiger partial charge on any atom is -0.497 e. The van der Waals surface area contributed by atoms with Crippen molar-refractivity contribution < 1.29 is 28.7 Å². The summed E-state index contributed by atoms with van der Waals surface area (Å²) in [5, 5.41) is 2.60. The third-order valence-electron chi connectivity index (χ3n) is 5.93. The van der Waals surface area contributed by atoms with Crippen molar-refractivity contribution in [3.63, 3.8) is 0 Å². The topological polar surface area (TPSA) is 102 Å². The Kier molecular flexibility index (Phi) is 4.86. The number of hydrogen-bond donors (Lipinski definition) is 1. The van der Waals surface area contributed by atoms with E-state index in [9.17, 15) is 19.2 Å². The number of nitrogens with one attached hydrogen (secondary N) is 1. The lowest BCUT2D eigenvalue weighted by molar-refractivity contribution is -0.159. The molecule has 0 radical (unpaired) electrons. The Morgan fingerprint density at radius 1 is 1.17 bits per heavy atom. The van der Waals surface area contributed by atoms with E-state index in [4.69, 9.17) is 9.47 Å². The van der Waals surface area contributed by atoms with Gasteiger partial charge in [0, 0.05) is 11.8 Å². The number of fused-ring (bicyclic) bond motifs is 5. The first-order chi connectivity index (χ1) is 13.9. The molecule has 8 nitrogen and oxygen atoms in total. The molecule has 4 rings (SSSR count). The summed E-state index contributed by atoms with van der Waals surface area (Å²) in [6.07, 6.45) is 4.81. The molecule has 1 saturated carbocycles. The molecule has 29 heavy (non-hydrogen) atoms. The van der Waals surface area contributed by atoms with Gasteiger partial charge in [0.1, 0.15) is 11.8 Å². The zero-order chi connectivity index (χ0) is 20.7. The summed E-state index contributed by atoms with van der Waals surface area (Å²) in [5.41, 5.74) is 0.499. The number of amides is 3. The van der Waals surface area contributed by atoms with Gasteiger partial charge in [-0.2, -0.15) is 0 Å². The molecule has 3 amide bonds. The number of methoxy groups -OCH3 is 1. The van der Waals surface area contributed by atoms with Crippen LogP contribution >= 0.6 is 0 Å². The number of carbonyl (C=O) groups excluding carboxylic acids is 4. The highest BCUT2D eigenvalue weighted by Gasteiger charge is 2.60. The van der Waals surface area contributed by atoms with Gasteiger partial charge in [0.25, 0.3) is 5.91 Å². The molecule has 1 aliphatic heterocycles. The van der Waals surface area contributed by atoms with Gasteiger partial charge in [-0.05, 0) is 37.3 Å². The minimum absolute atomic E-state index is 0.0725. The Morgan fingerprint density at radius 3 is 2.45 bits per heavy atom. The number of carbonyl (C=O) groups is 4. The van der Waals surface area contributed by atoms with E-state index in [2.05, 4.69) is 5.32 Å². The van der Waals surface area contributed by atoms with E-state index in [1.807, 2.05) is 12.2 Å².